The Balaban J connectivity index is 1.64. The molecule has 0 radical (unpaired) electrons. The van der Waals surface area contributed by atoms with Crippen molar-refractivity contribution in [2.24, 2.45) is 0 Å². The van der Waals surface area contributed by atoms with Crippen molar-refractivity contribution in [3.05, 3.63) is 52.0 Å². The van der Waals surface area contributed by atoms with Gasteiger partial charge in [-0.05, 0) is 37.4 Å². The van der Waals surface area contributed by atoms with E-state index in [-0.39, 0.29) is 0 Å². The van der Waals surface area contributed by atoms with Crippen molar-refractivity contribution < 1.29 is 9.52 Å². The Morgan fingerprint density at radius 3 is 2.95 bits per heavy atom. The van der Waals surface area contributed by atoms with Gasteiger partial charge in [-0.3, -0.25) is 5.10 Å². The van der Waals surface area contributed by atoms with Crippen LogP contribution < -0.4 is 5.32 Å². The third-order valence-electron chi connectivity index (χ3n) is 3.54. The molecule has 6 heteroatoms. The van der Waals surface area contributed by atoms with Crippen molar-refractivity contribution in [1.82, 2.24) is 15.5 Å². The van der Waals surface area contributed by atoms with E-state index in [1.54, 1.807) is 17.5 Å². The Kier molecular flexibility index (Phi) is 4.15. The van der Waals surface area contributed by atoms with Crippen LogP contribution in [0.1, 0.15) is 23.1 Å². The van der Waals surface area contributed by atoms with Gasteiger partial charge in [-0.1, -0.05) is 6.07 Å². The fourth-order valence-electron chi connectivity index (χ4n) is 2.34. The highest BCUT2D eigenvalue weighted by Crippen LogP contribution is 2.26. The molecule has 1 unspecified atom stereocenters. The summed E-state index contributed by atoms with van der Waals surface area (Å²) in [6.45, 7) is 4.80. The van der Waals surface area contributed by atoms with Crippen molar-refractivity contribution in [3.8, 4) is 11.5 Å². The summed E-state index contributed by atoms with van der Waals surface area (Å²) in [6.07, 6.45) is 1.78. The van der Waals surface area contributed by atoms with Crippen LogP contribution in [0.15, 0.2) is 40.3 Å². The van der Waals surface area contributed by atoms with Crippen LogP contribution in [-0.2, 0) is 12.1 Å². The van der Waals surface area contributed by atoms with Crippen molar-refractivity contribution in [1.29, 1.82) is 0 Å². The van der Waals surface area contributed by atoms with Crippen molar-refractivity contribution in [2.75, 3.05) is 6.54 Å². The van der Waals surface area contributed by atoms with Crippen LogP contribution in [0, 0.1) is 6.92 Å². The standard InChI is InChI=1S/C16H19N3O2S/c1-11-5-6-13(21-11)15-12(9-18-19-15)8-17-10-16(2,20)14-4-3-7-22-14/h3-7,9,17,20H,8,10H2,1-2H3,(H,18,19). The Morgan fingerprint density at radius 1 is 1.41 bits per heavy atom. The number of nitrogens with zero attached hydrogens (tertiary/aromatic N) is 1. The lowest BCUT2D eigenvalue weighted by molar-refractivity contribution is 0.0604. The Morgan fingerprint density at radius 2 is 2.27 bits per heavy atom. The summed E-state index contributed by atoms with van der Waals surface area (Å²) < 4.78 is 5.63. The van der Waals surface area contributed by atoms with Gasteiger partial charge in [-0.25, -0.2) is 0 Å². The number of furan rings is 1. The van der Waals surface area contributed by atoms with Gasteiger partial charge in [0.1, 0.15) is 17.1 Å². The Bertz CT molecular complexity index is 728. The molecule has 116 valence electrons. The SMILES string of the molecule is Cc1ccc(-c2[nH]ncc2CNCC(C)(O)c2cccs2)o1. The minimum Gasteiger partial charge on any atom is -0.460 e. The summed E-state index contributed by atoms with van der Waals surface area (Å²) in [7, 11) is 0. The van der Waals surface area contributed by atoms with Gasteiger partial charge < -0.3 is 14.8 Å². The molecule has 22 heavy (non-hydrogen) atoms. The molecular formula is C16H19N3O2S. The lowest BCUT2D eigenvalue weighted by atomic mass is 10.1. The molecule has 1 atom stereocenters. The van der Waals surface area contributed by atoms with Gasteiger partial charge in [0, 0.05) is 23.5 Å². The van der Waals surface area contributed by atoms with E-state index in [4.69, 9.17) is 4.42 Å². The molecule has 3 heterocycles. The third kappa shape index (κ3) is 3.14. The highest BCUT2D eigenvalue weighted by molar-refractivity contribution is 7.10. The molecule has 0 aliphatic carbocycles. The Labute approximate surface area is 133 Å². The van der Waals surface area contributed by atoms with Crippen LogP contribution in [-0.4, -0.2) is 21.8 Å². The molecular weight excluding hydrogens is 298 g/mol. The van der Waals surface area contributed by atoms with E-state index in [2.05, 4.69) is 15.5 Å². The van der Waals surface area contributed by atoms with E-state index in [9.17, 15) is 5.11 Å². The summed E-state index contributed by atoms with van der Waals surface area (Å²) in [5, 5.41) is 22.8. The summed E-state index contributed by atoms with van der Waals surface area (Å²) >= 11 is 1.56. The zero-order chi connectivity index (χ0) is 15.6. The number of hydrogen-bond acceptors (Lipinski definition) is 5. The molecule has 0 spiro atoms. The van der Waals surface area contributed by atoms with Crippen molar-refractivity contribution in [2.45, 2.75) is 26.0 Å². The fourth-order valence-corrected chi connectivity index (χ4v) is 3.13. The van der Waals surface area contributed by atoms with E-state index in [1.165, 1.54) is 0 Å². The zero-order valence-corrected chi connectivity index (χ0v) is 13.4. The summed E-state index contributed by atoms with van der Waals surface area (Å²) in [6, 6.07) is 7.74. The van der Waals surface area contributed by atoms with Crippen LogP contribution in [0.2, 0.25) is 0 Å². The second-order valence-electron chi connectivity index (χ2n) is 5.54. The highest BCUT2D eigenvalue weighted by atomic mass is 32.1. The van der Waals surface area contributed by atoms with Gasteiger partial charge in [0.15, 0.2) is 5.76 Å². The lowest BCUT2D eigenvalue weighted by Gasteiger charge is -2.22. The lowest BCUT2D eigenvalue weighted by Crippen LogP contribution is -2.34. The molecule has 3 N–H and O–H groups in total. The average Bonchev–Trinajstić information content (AvgIpc) is 3.18. The smallest absolute Gasteiger partial charge is 0.152 e. The third-order valence-corrected chi connectivity index (χ3v) is 4.66. The van der Waals surface area contributed by atoms with Crippen molar-refractivity contribution in [3.63, 3.8) is 0 Å². The van der Waals surface area contributed by atoms with Gasteiger partial charge in [0.05, 0.1) is 6.20 Å². The molecule has 0 saturated carbocycles. The van der Waals surface area contributed by atoms with E-state index >= 15 is 0 Å². The van der Waals surface area contributed by atoms with Gasteiger partial charge in [0.2, 0.25) is 0 Å². The largest absolute Gasteiger partial charge is 0.460 e. The topological polar surface area (TPSA) is 74.1 Å². The van der Waals surface area contributed by atoms with E-state index in [1.807, 2.05) is 43.5 Å². The first-order valence-corrected chi connectivity index (χ1v) is 8.00. The number of nitrogens with one attached hydrogen (secondary N) is 2. The second-order valence-corrected chi connectivity index (χ2v) is 6.48. The van der Waals surface area contributed by atoms with Crippen molar-refractivity contribution >= 4 is 11.3 Å². The van der Waals surface area contributed by atoms with Crippen LogP contribution >= 0.6 is 11.3 Å². The molecule has 3 aromatic heterocycles. The number of aromatic nitrogens is 2. The van der Waals surface area contributed by atoms with Crippen LogP contribution in [0.4, 0.5) is 0 Å². The number of H-pyrrole nitrogens is 1. The minimum atomic E-state index is -0.876. The normalized spacial score (nSPS) is 14.1. The van der Waals surface area contributed by atoms with E-state index in [0.29, 0.717) is 13.1 Å². The zero-order valence-electron chi connectivity index (χ0n) is 12.6. The van der Waals surface area contributed by atoms with Crippen LogP contribution in [0.25, 0.3) is 11.5 Å². The molecule has 0 bridgehead atoms. The first-order chi connectivity index (χ1) is 10.6. The molecule has 0 amide bonds. The van der Waals surface area contributed by atoms with Gasteiger partial charge in [-0.2, -0.15) is 5.10 Å². The highest BCUT2D eigenvalue weighted by Gasteiger charge is 2.23. The summed E-state index contributed by atoms with van der Waals surface area (Å²) in [4.78, 5) is 0.953. The number of aliphatic hydroxyl groups is 1. The van der Waals surface area contributed by atoms with E-state index < -0.39 is 5.60 Å². The second kappa shape index (κ2) is 6.08. The monoisotopic (exact) mass is 317 g/mol. The molecule has 0 saturated heterocycles. The predicted octanol–water partition coefficient (Wildman–Crippen LogP) is 3.04. The van der Waals surface area contributed by atoms with Gasteiger partial charge in [-0.15, -0.1) is 11.3 Å². The van der Waals surface area contributed by atoms with Crippen LogP contribution in [0.5, 0.6) is 0 Å². The summed E-state index contributed by atoms with van der Waals surface area (Å²) in [5.41, 5.74) is 1.01. The summed E-state index contributed by atoms with van der Waals surface area (Å²) in [5.74, 6) is 1.64. The first kappa shape index (κ1) is 15.0. The predicted molar refractivity (Wildman–Crippen MR) is 86.6 cm³/mol. The number of rotatable bonds is 6. The Hall–Kier alpha value is -1.89. The molecule has 0 aliphatic rings. The maximum absolute atomic E-state index is 10.5. The molecule has 3 rings (SSSR count). The van der Waals surface area contributed by atoms with Gasteiger partial charge in [0.25, 0.3) is 0 Å². The maximum Gasteiger partial charge on any atom is 0.152 e. The minimum absolute atomic E-state index is 0.468. The molecule has 5 nitrogen and oxygen atoms in total. The number of aryl methyl sites for hydroxylation is 1. The number of hydrogen-bond donors (Lipinski definition) is 3. The van der Waals surface area contributed by atoms with Gasteiger partial charge >= 0.3 is 0 Å². The van der Waals surface area contributed by atoms with Crippen LogP contribution in [0.3, 0.4) is 0 Å². The molecule has 0 fully saturated rings. The molecule has 0 aliphatic heterocycles. The maximum atomic E-state index is 10.5. The molecule has 3 aromatic rings. The first-order valence-electron chi connectivity index (χ1n) is 7.12. The average molecular weight is 317 g/mol. The quantitative estimate of drug-likeness (QED) is 0.653. The van der Waals surface area contributed by atoms with E-state index in [0.717, 1.165) is 27.7 Å². The number of thiophene rings is 1. The molecule has 0 aromatic carbocycles. The number of aromatic amines is 1. The fraction of sp³-hybridized carbons (Fsp3) is 0.312.